The van der Waals surface area contributed by atoms with Crippen molar-refractivity contribution < 1.29 is 32.6 Å². The van der Waals surface area contributed by atoms with Crippen molar-refractivity contribution >= 4 is 17.8 Å². The van der Waals surface area contributed by atoms with E-state index in [9.17, 15) is 27.9 Å². The van der Waals surface area contributed by atoms with Crippen molar-refractivity contribution in [2.75, 3.05) is 0 Å². The molecule has 0 amide bonds. The maximum absolute atomic E-state index is 12.9. The fourth-order valence-corrected chi connectivity index (χ4v) is 3.49. The van der Waals surface area contributed by atoms with Crippen LogP contribution in [0.15, 0.2) is 60.8 Å². The fraction of sp³-hybridized carbons (Fsp3) is 0.240. The van der Waals surface area contributed by atoms with Crippen LogP contribution >= 0.6 is 0 Å². The van der Waals surface area contributed by atoms with E-state index in [2.05, 4.69) is 4.98 Å². The van der Waals surface area contributed by atoms with E-state index in [1.807, 2.05) is 6.07 Å². The lowest BCUT2D eigenvalue weighted by atomic mass is 10.1. The maximum Gasteiger partial charge on any atom is 0.416 e. The average Bonchev–Trinajstić information content (AvgIpc) is 3.48. The van der Waals surface area contributed by atoms with E-state index in [0.717, 1.165) is 29.8 Å². The molecule has 34 heavy (non-hydrogen) atoms. The number of ketones is 1. The molecule has 0 saturated heterocycles. The van der Waals surface area contributed by atoms with Crippen LogP contribution < -0.4 is 4.74 Å². The summed E-state index contributed by atoms with van der Waals surface area (Å²) in [6, 6.07) is 11.0. The minimum Gasteiger partial charge on any atom is -0.478 e. The van der Waals surface area contributed by atoms with Crippen molar-refractivity contribution in [3.05, 3.63) is 89.0 Å². The molecule has 3 aromatic rings. The summed E-state index contributed by atoms with van der Waals surface area (Å²) < 4.78 is 45.6. The molecule has 0 spiro atoms. The highest BCUT2D eigenvalue weighted by atomic mass is 19.4. The highest BCUT2D eigenvalue weighted by Crippen LogP contribution is 2.40. The van der Waals surface area contributed by atoms with Gasteiger partial charge in [0.1, 0.15) is 5.75 Å². The topological polar surface area (TPSA) is 81.4 Å². The number of alkyl halides is 3. The first-order valence-electron chi connectivity index (χ1n) is 10.5. The van der Waals surface area contributed by atoms with Crippen LogP contribution in [0, 0.1) is 6.92 Å². The molecule has 1 fully saturated rings. The molecule has 1 aliphatic carbocycles. The third-order valence-corrected chi connectivity index (χ3v) is 5.45. The van der Waals surface area contributed by atoms with Gasteiger partial charge in [0.2, 0.25) is 11.4 Å². The van der Waals surface area contributed by atoms with Crippen LogP contribution in [0.3, 0.4) is 0 Å². The molecule has 2 aromatic carbocycles. The number of imidazole rings is 1. The largest absolute Gasteiger partial charge is 0.478 e. The molecule has 1 N–H and O–H groups in total. The molecule has 9 heteroatoms. The predicted molar refractivity (Wildman–Crippen MR) is 118 cm³/mol. The van der Waals surface area contributed by atoms with E-state index in [1.165, 1.54) is 0 Å². The summed E-state index contributed by atoms with van der Waals surface area (Å²) in [4.78, 5) is 28.4. The molecule has 1 heterocycles. The van der Waals surface area contributed by atoms with Crippen LogP contribution in [0.1, 0.15) is 45.8 Å². The van der Waals surface area contributed by atoms with Crippen LogP contribution in [0.5, 0.6) is 5.75 Å². The zero-order valence-electron chi connectivity index (χ0n) is 18.2. The second-order valence-electron chi connectivity index (χ2n) is 8.14. The first kappa shape index (κ1) is 23.3. The number of halogens is 3. The first-order chi connectivity index (χ1) is 16.1. The highest BCUT2D eigenvalue weighted by Gasteiger charge is 2.53. The van der Waals surface area contributed by atoms with E-state index in [-0.39, 0.29) is 11.4 Å². The summed E-state index contributed by atoms with van der Waals surface area (Å²) >= 11 is 0. The van der Waals surface area contributed by atoms with Crippen LogP contribution in [0.25, 0.3) is 6.08 Å². The summed E-state index contributed by atoms with van der Waals surface area (Å²) in [6.07, 6.45) is 1.75. The van der Waals surface area contributed by atoms with Gasteiger partial charge in [-0.1, -0.05) is 36.4 Å². The van der Waals surface area contributed by atoms with Gasteiger partial charge in [-0.05, 0) is 36.8 Å². The molecule has 0 radical (unpaired) electrons. The lowest BCUT2D eigenvalue weighted by Gasteiger charge is -2.13. The van der Waals surface area contributed by atoms with Gasteiger partial charge in [0.25, 0.3) is 0 Å². The Labute approximate surface area is 193 Å². The number of aromatic nitrogens is 2. The Morgan fingerprint density at radius 1 is 1.18 bits per heavy atom. The van der Waals surface area contributed by atoms with Crippen LogP contribution in [-0.2, 0) is 17.5 Å². The lowest BCUT2D eigenvalue weighted by molar-refractivity contribution is -0.147. The number of allylic oxidation sites excluding steroid dienone is 1. The summed E-state index contributed by atoms with van der Waals surface area (Å²) in [5, 5.41) is 9.28. The highest BCUT2D eigenvalue weighted by molar-refractivity contribution is 6.06. The Kier molecular flexibility index (Phi) is 6.03. The zero-order chi connectivity index (χ0) is 24.5. The van der Waals surface area contributed by atoms with Crippen LogP contribution in [-0.4, -0.2) is 32.0 Å². The molecule has 1 saturated carbocycles. The molecule has 0 aliphatic heterocycles. The van der Waals surface area contributed by atoms with Crippen LogP contribution in [0.4, 0.5) is 13.2 Å². The van der Waals surface area contributed by atoms with Crippen LogP contribution in [0.2, 0.25) is 0 Å². The number of aryl methyl sites for hydroxylation is 1. The van der Waals surface area contributed by atoms with Gasteiger partial charge in [-0.2, -0.15) is 13.2 Å². The summed E-state index contributed by atoms with van der Waals surface area (Å²) in [6.45, 7) is 2.02. The van der Waals surface area contributed by atoms with E-state index < -0.39 is 29.1 Å². The van der Waals surface area contributed by atoms with Crippen molar-refractivity contribution in [2.24, 2.45) is 0 Å². The van der Waals surface area contributed by atoms with Gasteiger partial charge in [-0.15, -0.1) is 0 Å². The summed E-state index contributed by atoms with van der Waals surface area (Å²) in [5.74, 6) is -0.877. The Morgan fingerprint density at radius 3 is 2.50 bits per heavy atom. The van der Waals surface area contributed by atoms with Crippen molar-refractivity contribution in [3.63, 3.8) is 0 Å². The molecule has 176 valence electrons. The number of ether oxygens (including phenoxy) is 1. The van der Waals surface area contributed by atoms with E-state index in [0.29, 0.717) is 30.8 Å². The predicted octanol–water partition coefficient (Wildman–Crippen LogP) is 5.15. The standard InChI is InChI=1S/C25H21F3N2O4/c1-16-15-30(22(29-16)21(31)18-7-9-19(10-8-18)25(26,27)28)13-3-5-17-4-2-6-20(14-17)34-24(11-12-24)23(32)33/h2-10,14-15H,11-13H2,1H3,(H,32,33)/b5-3+. The molecule has 1 aliphatic rings. The van der Waals surface area contributed by atoms with Gasteiger partial charge < -0.3 is 14.4 Å². The third-order valence-electron chi connectivity index (χ3n) is 5.45. The minimum absolute atomic E-state index is 0.112. The molecule has 1 aromatic heterocycles. The Morgan fingerprint density at radius 2 is 1.88 bits per heavy atom. The van der Waals surface area contributed by atoms with Crippen molar-refractivity contribution in [2.45, 2.75) is 38.1 Å². The third kappa shape index (κ3) is 5.03. The van der Waals surface area contributed by atoms with Crippen molar-refractivity contribution in [1.29, 1.82) is 0 Å². The Bertz CT molecular complexity index is 1260. The number of carbonyl (C=O) groups excluding carboxylic acids is 1. The Hall–Kier alpha value is -3.88. The fourth-order valence-electron chi connectivity index (χ4n) is 3.49. The number of carbonyl (C=O) groups is 2. The monoisotopic (exact) mass is 470 g/mol. The summed E-state index contributed by atoms with van der Waals surface area (Å²) in [5.41, 5.74) is -0.465. The second-order valence-corrected chi connectivity index (χ2v) is 8.14. The van der Waals surface area contributed by atoms with Gasteiger partial charge >= 0.3 is 12.1 Å². The molecule has 4 rings (SSSR count). The smallest absolute Gasteiger partial charge is 0.416 e. The first-order valence-corrected chi connectivity index (χ1v) is 10.5. The van der Waals surface area contributed by atoms with E-state index in [4.69, 9.17) is 4.74 Å². The second kappa shape index (κ2) is 8.81. The van der Waals surface area contributed by atoms with Crippen molar-refractivity contribution in [1.82, 2.24) is 9.55 Å². The molecule has 6 nitrogen and oxygen atoms in total. The van der Waals surface area contributed by atoms with Gasteiger partial charge in [0.05, 0.1) is 11.3 Å². The number of hydrogen-bond donors (Lipinski definition) is 1. The van der Waals surface area contributed by atoms with Gasteiger partial charge in [0.15, 0.2) is 5.82 Å². The maximum atomic E-state index is 12.9. The molecule has 0 bridgehead atoms. The van der Waals surface area contributed by atoms with Gasteiger partial charge in [-0.25, -0.2) is 9.78 Å². The lowest BCUT2D eigenvalue weighted by Crippen LogP contribution is -2.28. The van der Waals surface area contributed by atoms with E-state index >= 15 is 0 Å². The van der Waals surface area contributed by atoms with Gasteiger partial charge in [0, 0.05) is 31.1 Å². The number of hydrogen-bond acceptors (Lipinski definition) is 4. The van der Waals surface area contributed by atoms with Gasteiger partial charge in [-0.3, -0.25) is 4.79 Å². The number of rotatable bonds is 8. The molecular weight excluding hydrogens is 449 g/mol. The minimum atomic E-state index is -4.48. The molecule has 0 atom stereocenters. The number of aliphatic carboxylic acids is 1. The number of carboxylic acid groups (broad SMARTS) is 1. The molecular formula is C25H21F3N2O4. The van der Waals surface area contributed by atoms with E-state index in [1.54, 1.807) is 48.0 Å². The SMILES string of the molecule is Cc1cn(C/C=C/c2cccc(OC3(C(=O)O)CC3)c2)c(C(=O)c2ccc(C(F)(F)F)cc2)n1. The summed E-state index contributed by atoms with van der Waals surface area (Å²) in [7, 11) is 0. The van der Waals surface area contributed by atoms with Crippen molar-refractivity contribution in [3.8, 4) is 5.75 Å². The average molecular weight is 470 g/mol. The zero-order valence-corrected chi connectivity index (χ0v) is 18.2. The number of carboxylic acids is 1. The normalized spacial score (nSPS) is 14.8. The quantitative estimate of drug-likeness (QED) is 0.461. The number of nitrogens with zero attached hydrogens (tertiary/aromatic N) is 2. The number of benzene rings is 2. The Balaban J connectivity index is 1.47. The molecule has 0 unspecified atom stereocenters.